The van der Waals surface area contributed by atoms with Gasteiger partial charge in [0.2, 0.25) is 5.92 Å². The molecule has 0 bridgehead atoms. The average Bonchev–Trinajstić information content (AvgIpc) is 3.56. The molecule has 0 spiro atoms. The molecule has 0 radical (unpaired) electrons. The Morgan fingerprint density at radius 2 is 2.03 bits per heavy atom. The van der Waals surface area contributed by atoms with E-state index in [1.54, 1.807) is 12.3 Å². The Morgan fingerprint density at radius 1 is 1.29 bits per heavy atom. The number of urea groups is 1. The molecule has 2 fully saturated rings. The number of nitrogens with zero attached hydrogens (tertiary/aromatic N) is 6. The molecule has 16 heteroatoms. The summed E-state index contributed by atoms with van der Waals surface area (Å²) in [4.78, 5) is 30.4. The third-order valence-corrected chi connectivity index (χ3v) is 6.86. The molecule has 3 aromatic rings. The van der Waals surface area contributed by atoms with Gasteiger partial charge in [0.15, 0.2) is 11.3 Å². The van der Waals surface area contributed by atoms with Crippen LogP contribution < -0.4 is 10.6 Å². The van der Waals surface area contributed by atoms with Gasteiger partial charge in [0.25, 0.3) is 5.91 Å². The summed E-state index contributed by atoms with van der Waals surface area (Å²) in [5, 5.41) is 16.1. The number of carbonyl (C=O) groups excluding carboxylic acids is 2. The van der Waals surface area contributed by atoms with Crippen molar-refractivity contribution in [3.05, 3.63) is 41.1 Å². The second-order valence-corrected chi connectivity index (χ2v) is 9.60. The largest absolute Gasteiger partial charge is 0.410 e. The molecule has 204 valence electrons. The lowest BCUT2D eigenvalue weighted by Crippen LogP contribution is -2.40. The summed E-state index contributed by atoms with van der Waals surface area (Å²) >= 11 is 0. The first-order chi connectivity index (χ1) is 17.9. The molecule has 4 heterocycles. The van der Waals surface area contributed by atoms with Gasteiger partial charge in [0, 0.05) is 19.4 Å². The first-order valence-electron chi connectivity index (χ1n) is 11.8. The summed E-state index contributed by atoms with van der Waals surface area (Å²) in [6.07, 6.45) is -2.00. The number of imidazole rings is 1. The van der Waals surface area contributed by atoms with E-state index in [0.29, 0.717) is 16.9 Å². The fraction of sp³-hybridized carbons (Fsp3) is 0.545. The monoisotopic (exact) mass is 542 g/mol. The van der Waals surface area contributed by atoms with E-state index in [9.17, 15) is 31.5 Å². The van der Waals surface area contributed by atoms with Crippen LogP contribution in [0.25, 0.3) is 5.65 Å². The van der Waals surface area contributed by atoms with Crippen LogP contribution in [0.5, 0.6) is 0 Å². The number of carbonyl (C=O) groups is 2. The minimum atomic E-state index is -4.56. The second-order valence-electron chi connectivity index (χ2n) is 9.60. The van der Waals surface area contributed by atoms with Crippen molar-refractivity contribution in [2.45, 2.75) is 63.3 Å². The number of fused-ring (bicyclic) bond motifs is 1. The molecule has 1 unspecified atom stereocenters. The van der Waals surface area contributed by atoms with Gasteiger partial charge in [-0.3, -0.25) is 4.79 Å². The minimum absolute atomic E-state index is 0.0404. The second kappa shape index (κ2) is 9.47. The highest BCUT2D eigenvalue weighted by Gasteiger charge is 2.47. The lowest BCUT2D eigenvalue weighted by Gasteiger charge is -2.33. The van der Waals surface area contributed by atoms with Gasteiger partial charge >= 0.3 is 12.2 Å². The molecular weight excluding hydrogens is 519 g/mol. The van der Waals surface area contributed by atoms with Crippen LogP contribution in [0.2, 0.25) is 0 Å². The summed E-state index contributed by atoms with van der Waals surface area (Å²) in [6.45, 7) is 0.875. The highest BCUT2D eigenvalue weighted by molar-refractivity contribution is 5.93. The van der Waals surface area contributed by atoms with Gasteiger partial charge in [0.05, 0.1) is 30.7 Å². The van der Waals surface area contributed by atoms with E-state index in [2.05, 4.69) is 30.3 Å². The van der Waals surface area contributed by atoms with Gasteiger partial charge in [-0.05, 0) is 42.5 Å². The van der Waals surface area contributed by atoms with Crippen LogP contribution in [0.1, 0.15) is 59.2 Å². The number of halogens is 5. The fourth-order valence-corrected chi connectivity index (χ4v) is 4.78. The summed E-state index contributed by atoms with van der Waals surface area (Å²) in [5.74, 6) is -3.73. The van der Waals surface area contributed by atoms with Crippen molar-refractivity contribution < 1.29 is 36.2 Å². The summed E-state index contributed by atoms with van der Waals surface area (Å²) in [6, 6.07) is -1.99. The number of hydrogen-bond acceptors (Lipinski definition) is 7. The molecule has 2 atom stereocenters. The van der Waals surface area contributed by atoms with E-state index >= 15 is 0 Å². The Hall–Kier alpha value is -3.85. The zero-order valence-electron chi connectivity index (χ0n) is 20.0. The molecule has 1 saturated heterocycles. The van der Waals surface area contributed by atoms with E-state index < -0.39 is 42.7 Å². The maximum Gasteiger partial charge on any atom is 0.410 e. The number of hydrogen-bond donors (Lipinski definition) is 2. The van der Waals surface area contributed by atoms with Crippen LogP contribution in [-0.4, -0.2) is 66.4 Å². The first kappa shape index (κ1) is 25.8. The minimum Gasteiger partial charge on any atom is -0.342 e. The van der Waals surface area contributed by atoms with E-state index in [1.807, 2.05) is 5.32 Å². The number of amides is 3. The number of rotatable bonds is 6. The summed E-state index contributed by atoms with van der Waals surface area (Å²) in [7, 11) is 0. The van der Waals surface area contributed by atoms with Crippen molar-refractivity contribution in [3.8, 4) is 0 Å². The van der Waals surface area contributed by atoms with Gasteiger partial charge in [-0.15, -0.1) is 0 Å². The van der Waals surface area contributed by atoms with Gasteiger partial charge in [-0.2, -0.15) is 18.3 Å². The molecule has 2 aliphatic rings. The van der Waals surface area contributed by atoms with Crippen molar-refractivity contribution in [2.75, 3.05) is 6.54 Å². The standard InChI is InChI=1S/C22H23F5N8O3/c1-11-17(33-38-32-11)19(36)31-18(13-2-4-21(23,24)5-3-13)14-9-35-16(29-14)6-12(7-28-35)8-34-10-15(22(25,26)27)30-20(34)37/h6-7,9,13,15,18H,2-5,8,10H2,1H3,(H,30,37)(H,31,36)/t15-,18?/m0/s1. The molecular formula is C22H23F5N8O3. The predicted molar refractivity (Wildman–Crippen MR) is 118 cm³/mol. The Bertz CT molecular complexity index is 1350. The van der Waals surface area contributed by atoms with Gasteiger partial charge < -0.3 is 15.5 Å². The Kier molecular flexibility index (Phi) is 6.43. The quantitative estimate of drug-likeness (QED) is 0.458. The van der Waals surface area contributed by atoms with E-state index in [4.69, 9.17) is 0 Å². The normalized spacial score (nSPS) is 21.1. The van der Waals surface area contributed by atoms with Gasteiger partial charge in [-0.25, -0.2) is 27.7 Å². The number of alkyl halides is 5. The Morgan fingerprint density at radius 3 is 2.66 bits per heavy atom. The predicted octanol–water partition coefficient (Wildman–Crippen LogP) is 3.17. The lowest BCUT2D eigenvalue weighted by atomic mass is 9.81. The van der Waals surface area contributed by atoms with Crippen LogP contribution >= 0.6 is 0 Å². The van der Waals surface area contributed by atoms with Crippen molar-refractivity contribution in [1.82, 2.24) is 40.4 Å². The lowest BCUT2D eigenvalue weighted by molar-refractivity contribution is -0.149. The van der Waals surface area contributed by atoms with Crippen LogP contribution in [-0.2, 0) is 6.54 Å². The molecule has 5 rings (SSSR count). The summed E-state index contributed by atoms with van der Waals surface area (Å²) < 4.78 is 72.6. The highest BCUT2D eigenvalue weighted by atomic mass is 19.4. The van der Waals surface area contributed by atoms with Crippen LogP contribution in [0.15, 0.2) is 23.1 Å². The third kappa shape index (κ3) is 5.24. The van der Waals surface area contributed by atoms with Gasteiger partial charge in [0.1, 0.15) is 11.7 Å². The molecule has 11 nitrogen and oxygen atoms in total. The molecule has 0 aromatic carbocycles. The molecule has 1 aliphatic carbocycles. The first-order valence-corrected chi connectivity index (χ1v) is 11.8. The average molecular weight is 542 g/mol. The molecule has 3 aromatic heterocycles. The van der Waals surface area contributed by atoms with E-state index in [1.165, 1.54) is 17.6 Å². The zero-order chi connectivity index (χ0) is 27.2. The molecule has 1 saturated carbocycles. The fourth-order valence-electron chi connectivity index (χ4n) is 4.78. The molecule has 2 N–H and O–H groups in total. The van der Waals surface area contributed by atoms with Crippen molar-refractivity contribution in [3.63, 3.8) is 0 Å². The SMILES string of the molecule is Cc1nonc1C(=O)NC(c1cn2ncc(CN3C[C@@H](C(F)(F)F)NC3=O)cc2n1)C1CCC(F)(F)CC1. The maximum atomic E-state index is 13.8. The molecule has 1 aliphatic heterocycles. The topological polar surface area (TPSA) is 131 Å². The van der Waals surface area contributed by atoms with E-state index in [0.717, 1.165) is 4.90 Å². The Balaban J connectivity index is 1.38. The van der Waals surface area contributed by atoms with Crippen LogP contribution in [0.4, 0.5) is 26.7 Å². The smallest absolute Gasteiger partial charge is 0.342 e. The highest BCUT2D eigenvalue weighted by Crippen LogP contribution is 2.41. The van der Waals surface area contributed by atoms with Crippen LogP contribution in [0.3, 0.4) is 0 Å². The van der Waals surface area contributed by atoms with Gasteiger partial charge in [-0.1, -0.05) is 5.16 Å². The third-order valence-electron chi connectivity index (χ3n) is 6.86. The molecule has 3 amide bonds. The maximum absolute atomic E-state index is 13.8. The number of nitrogens with one attached hydrogen (secondary N) is 2. The van der Waals surface area contributed by atoms with Crippen molar-refractivity contribution in [2.24, 2.45) is 5.92 Å². The zero-order valence-corrected chi connectivity index (χ0v) is 20.0. The van der Waals surface area contributed by atoms with Crippen molar-refractivity contribution >= 4 is 17.6 Å². The number of aryl methyl sites for hydroxylation is 1. The van der Waals surface area contributed by atoms with Crippen LogP contribution in [0, 0.1) is 12.8 Å². The number of aromatic nitrogens is 5. The summed E-state index contributed by atoms with van der Waals surface area (Å²) in [5.41, 5.74) is 1.33. The van der Waals surface area contributed by atoms with E-state index in [-0.39, 0.29) is 49.5 Å². The molecule has 38 heavy (non-hydrogen) atoms. The van der Waals surface area contributed by atoms with Crippen molar-refractivity contribution in [1.29, 1.82) is 0 Å². The Labute approximate surface area is 211 Å².